The van der Waals surface area contributed by atoms with Crippen LogP contribution in [0.3, 0.4) is 0 Å². The van der Waals surface area contributed by atoms with E-state index in [2.05, 4.69) is 14.9 Å². The number of benzene rings is 1. The number of carbonyl (C=O) groups excluding carboxylic acids is 1. The minimum absolute atomic E-state index is 0.0483. The Labute approximate surface area is 179 Å². The van der Waals surface area contributed by atoms with Gasteiger partial charge in [-0.15, -0.1) is 11.3 Å². The SMILES string of the molecule is Cc1ncc(CC(=O)N2CCN(c3ccc4c(=O)n(CC5CC5)cnc4c3)CC2)s1. The molecule has 30 heavy (non-hydrogen) atoms. The van der Waals surface area contributed by atoms with E-state index in [0.717, 1.165) is 40.7 Å². The summed E-state index contributed by atoms with van der Waals surface area (Å²) in [5.74, 6) is 0.801. The highest BCUT2D eigenvalue weighted by molar-refractivity contribution is 7.11. The van der Waals surface area contributed by atoms with Gasteiger partial charge in [0.1, 0.15) is 0 Å². The molecule has 1 saturated heterocycles. The molecule has 3 aromatic rings. The number of aromatic nitrogens is 3. The maximum atomic E-state index is 12.7. The monoisotopic (exact) mass is 423 g/mol. The Morgan fingerprint density at radius 1 is 1.17 bits per heavy atom. The molecule has 0 spiro atoms. The number of piperazine rings is 1. The Balaban J connectivity index is 1.25. The summed E-state index contributed by atoms with van der Waals surface area (Å²) in [6.07, 6.45) is 6.33. The molecule has 0 unspecified atom stereocenters. The van der Waals surface area contributed by atoms with Crippen LogP contribution in [0.4, 0.5) is 5.69 Å². The lowest BCUT2D eigenvalue weighted by Gasteiger charge is -2.36. The lowest BCUT2D eigenvalue weighted by Crippen LogP contribution is -2.49. The molecule has 2 aliphatic rings. The van der Waals surface area contributed by atoms with E-state index in [9.17, 15) is 9.59 Å². The molecular formula is C22H25N5O2S. The fourth-order valence-electron chi connectivity index (χ4n) is 4.01. The molecular weight excluding hydrogens is 398 g/mol. The van der Waals surface area contributed by atoms with Crippen molar-refractivity contribution in [3.05, 3.63) is 51.0 Å². The quantitative estimate of drug-likeness (QED) is 0.630. The smallest absolute Gasteiger partial charge is 0.261 e. The van der Waals surface area contributed by atoms with Gasteiger partial charge in [-0.3, -0.25) is 14.2 Å². The molecule has 0 radical (unpaired) electrons. The lowest BCUT2D eigenvalue weighted by molar-refractivity contribution is -0.130. The largest absolute Gasteiger partial charge is 0.368 e. The summed E-state index contributed by atoms with van der Waals surface area (Å²) in [4.78, 5) is 39.3. The third-order valence-electron chi connectivity index (χ3n) is 5.95. The number of fused-ring (bicyclic) bond motifs is 1. The topological polar surface area (TPSA) is 71.3 Å². The van der Waals surface area contributed by atoms with Crippen LogP contribution >= 0.6 is 11.3 Å². The van der Waals surface area contributed by atoms with Crippen LogP contribution in [0.5, 0.6) is 0 Å². The number of nitrogens with zero attached hydrogens (tertiary/aromatic N) is 5. The number of anilines is 1. The van der Waals surface area contributed by atoms with E-state index in [0.29, 0.717) is 30.8 Å². The zero-order chi connectivity index (χ0) is 20.7. The van der Waals surface area contributed by atoms with E-state index in [1.807, 2.05) is 30.0 Å². The molecule has 0 N–H and O–H groups in total. The fourth-order valence-corrected chi connectivity index (χ4v) is 4.80. The number of aryl methyl sites for hydroxylation is 1. The van der Waals surface area contributed by atoms with Gasteiger partial charge in [-0.2, -0.15) is 0 Å². The average Bonchev–Trinajstić information content (AvgIpc) is 3.49. The molecule has 156 valence electrons. The molecule has 8 heteroatoms. The standard InChI is InChI=1S/C22H25N5O2S/c1-15-23-12-18(30-15)11-21(28)26-8-6-25(7-9-26)17-4-5-19-20(10-17)24-14-27(22(19)29)13-16-2-3-16/h4-5,10,12,14,16H,2-3,6-9,11,13H2,1H3. The maximum Gasteiger partial charge on any atom is 0.261 e. The van der Waals surface area contributed by atoms with E-state index >= 15 is 0 Å². The fraction of sp³-hybridized carbons (Fsp3) is 0.455. The van der Waals surface area contributed by atoms with Crippen molar-refractivity contribution in [3.8, 4) is 0 Å². The van der Waals surface area contributed by atoms with E-state index < -0.39 is 0 Å². The van der Waals surface area contributed by atoms with Gasteiger partial charge >= 0.3 is 0 Å². The molecule has 1 amide bonds. The van der Waals surface area contributed by atoms with Gasteiger partial charge in [-0.05, 0) is 43.9 Å². The maximum absolute atomic E-state index is 12.7. The highest BCUT2D eigenvalue weighted by Gasteiger charge is 2.24. The van der Waals surface area contributed by atoms with Crippen LogP contribution in [0, 0.1) is 12.8 Å². The van der Waals surface area contributed by atoms with Gasteiger partial charge in [0.25, 0.3) is 5.56 Å². The van der Waals surface area contributed by atoms with Crippen molar-refractivity contribution in [3.63, 3.8) is 0 Å². The third kappa shape index (κ3) is 3.96. The second kappa shape index (κ2) is 7.83. The van der Waals surface area contributed by atoms with Crippen LogP contribution in [0.15, 0.2) is 35.5 Å². The Morgan fingerprint density at radius 2 is 1.97 bits per heavy atom. The highest BCUT2D eigenvalue weighted by atomic mass is 32.1. The van der Waals surface area contributed by atoms with Crippen molar-refractivity contribution in [1.29, 1.82) is 0 Å². The van der Waals surface area contributed by atoms with Crippen molar-refractivity contribution in [2.75, 3.05) is 31.1 Å². The summed E-state index contributed by atoms with van der Waals surface area (Å²) < 4.78 is 1.74. The molecule has 5 rings (SSSR count). The second-order valence-electron chi connectivity index (χ2n) is 8.24. The molecule has 3 heterocycles. The summed E-state index contributed by atoms with van der Waals surface area (Å²) in [5, 5.41) is 1.67. The summed E-state index contributed by atoms with van der Waals surface area (Å²) >= 11 is 1.58. The average molecular weight is 424 g/mol. The zero-order valence-electron chi connectivity index (χ0n) is 17.1. The van der Waals surface area contributed by atoms with Crippen LogP contribution in [-0.2, 0) is 17.8 Å². The van der Waals surface area contributed by atoms with Gasteiger partial charge in [-0.25, -0.2) is 9.97 Å². The van der Waals surface area contributed by atoms with Gasteiger partial charge in [0.05, 0.1) is 28.7 Å². The summed E-state index contributed by atoms with van der Waals surface area (Å²) in [5.41, 5.74) is 1.84. The molecule has 0 atom stereocenters. The molecule has 1 aromatic carbocycles. The number of hydrogen-bond acceptors (Lipinski definition) is 6. The van der Waals surface area contributed by atoms with Crippen LogP contribution in [0.1, 0.15) is 22.7 Å². The second-order valence-corrected chi connectivity index (χ2v) is 9.56. The Bertz CT molecular complexity index is 1140. The highest BCUT2D eigenvalue weighted by Crippen LogP contribution is 2.30. The summed E-state index contributed by atoms with van der Waals surface area (Å²) in [6.45, 7) is 5.68. The first-order valence-electron chi connectivity index (χ1n) is 10.5. The van der Waals surface area contributed by atoms with Gasteiger partial charge < -0.3 is 9.80 Å². The van der Waals surface area contributed by atoms with Gasteiger partial charge in [0.15, 0.2) is 0 Å². The normalized spacial score (nSPS) is 17.0. The number of amides is 1. The molecule has 1 aliphatic carbocycles. The predicted molar refractivity (Wildman–Crippen MR) is 118 cm³/mol. The Kier molecular flexibility index (Phi) is 5.02. The third-order valence-corrected chi connectivity index (χ3v) is 6.87. The van der Waals surface area contributed by atoms with Crippen LogP contribution in [0.25, 0.3) is 10.9 Å². The first kappa shape index (κ1) is 19.2. The first-order chi connectivity index (χ1) is 14.6. The van der Waals surface area contributed by atoms with E-state index in [-0.39, 0.29) is 11.5 Å². The molecule has 0 bridgehead atoms. The molecule has 2 aromatic heterocycles. The van der Waals surface area contributed by atoms with Crippen LogP contribution < -0.4 is 10.5 Å². The van der Waals surface area contributed by atoms with Gasteiger partial charge in [0.2, 0.25) is 5.91 Å². The lowest BCUT2D eigenvalue weighted by atomic mass is 10.2. The minimum atomic E-state index is 0.0483. The molecule has 7 nitrogen and oxygen atoms in total. The van der Waals surface area contributed by atoms with Crippen molar-refractivity contribution < 1.29 is 4.79 Å². The van der Waals surface area contributed by atoms with Crippen molar-refractivity contribution in [1.82, 2.24) is 19.4 Å². The number of thiazole rings is 1. The molecule has 2 fully saturated rings. The number of hydrogen-bond donors (Lipinski definition) is 0. The van der Waals surface area contributed by atoms with Crippen LogP contribution in [0.2, 0.25) is 0 Å². The minimum Gasteiger partial charge on any atom is -0.368 e. The van der Waals surface area contributed by atoms with Gasteiger partial charge in [-0.1, -0.05) is 0 Å². The van der Waals surface area contributed by atoms with E-state index in [1.54, 1.807) is 28.4 Å². The Morgan fingerprint density at radius 3 is 2.67 bits per heavy atom. The van der Waals surface area contributed by atoms with E-state index in [4.69, 9.17) is 0 Å². The summed E-state index contributed by atoms with van der Waals surface area (Å²) in [6, 6.07) is 5.90. The van der Waals surface area contributed by atoms with Crippen molar-refractivity contribution >= 4 is 33.8 Å². The van der Waals surface area contributed by atoms with Crippen LogP contribution in [-0.4, -0.2) is 51.5 Å². The summed E-state index contributed by atoms with van der Waals surface area (Å²) in [7, 11) is 0. The van der Waals surface area contributed by atoms with Crippen molar-refractivity contribution in [2.24, 2.45) is 5.92 Å². The molecule has 1 aliphatic heterocycles. The number of carbonyl (C=O) groups is 1. The van der Waals surface area contributed by atoms with Gasteiger partial charge in [0, 0.05) is 49.5 Å². The zero-order valence-corrected chi connectivity index (χ0v) is 17.9. The number of rotatable bonds is 5. The molecule has 1 saturated carbocycles. The predicted octanol–water partition coefficient (Wildman–Crippen LogP) is 2.46. The van der Waals surface area contributed by atoms with Crippen molar-refractivity contribution in [2.45, 2.75) is 32.7 Å². The first-order valence-corrected chi connectivity index (χ1v) is 11.3. The Hall–Kier alpha value is -2.74. The van der Waals surface area contributed by atoms with E-state index in [1.165, 1.54) is 12.8 Å².